The van der Waals surface area contributed by atoms with Crippen LogP contribution in [0.5, 0.6) is 5.75 Å². The van der Waals surface area contributed by atoms with Gasteiger partial charge in [-0.1, -0.05) is 29.8 Å². The summed E-state index contributed by atoms with van der Waals surface area (Å²) in [6, 6.07) is 12.5. The predicted molar refractivity (Wildman–Crippen MR) is 84.8 cm³/mol. The number of fused-ring (bicyclic) bond motifs is 1. The largest absolute Gasteiger partial charge is 0.497 e. The van der Waals surface area contributed by atoms with Crippen molar-refractivity contribution in [3.8, 4) is 5.75 Å². The van der Waals surface area contributed by atoms with Crippen LogP contribution in [0, 0.1) is 13.8 Å². The van der Waals surface area contributed by atoms with E-state index in [1.54, 1.807) is 7.11 Å². The van der Waals surface area contributed by atoms with Gasteiger partial charge in [0, 0.05) is 6.42 Å². The second-order valence-corrected chi connectivity index (χ2v) is 6.16. The number of benzene rings is 2. The molecule has 0 spiro atoms. The van der Waals surface area contributed by atoms with Crippen LogP contribution >= 0.6 is 0 Å². The van der Waals surface area contributed by atoms with Crippen LogP contribution in [0.1, 0.15) is 34.2 Å². The van der Waals surface area contributed by atoms with Crippen molar-refractivity contribution in [1.29, 1.82) is 0 Å². The van der Waals surface area contributed by atoms with Crippen molar-refractivity contribution in [3.05, 3.63) is 64.2 Å². The van der Waals surface area contributed by atoms with E-state index in [0.717, 1.165) is 24.2 Å². The Hall–Kier alpha value is -1.80. The molecule has 2 heteroatoms. The van der Waals surface area contributed by atoms with Gasteiger partial charge in [-0.2, -0.15) is 0 Å². The average Bonchev–Trinajstić information content (AvgIpc) is 2.80. The van der Waals surface area contributed by atoms with Crippen LogP contribution in [0.4, 0.5) is 0 Å². The maximum absolute atomic E-state index is 11.2. The van der Waals surface area contributed by atoms with Crippen LogP contribution in [-0.4, -0.2) is 12.2 Å². The smallest absolute Gasteiger partial charge is 0.119 e. The second kappa shape index (κ2) is 5.19. The van der Waals surface area contributed by atoms with Gasteiger partial charge in [0.2, 0.25) is 0 Å². The molecule has 0 bridgehead atoms. The van der Waals surface area contributed by atoms with E-state index in [4.69, 9.17) is 4.74 Å². The zero-order valence-electron chi connectivity index (χ0n) is 12.9. The molecule has 1 atom stereocenters. The summed E-state index contributed by atoms with van der Waals surface area (Å²) in [5, 5.41) is 11.2. The van der Waals surface area contributed by atoms with E-state index in [-0.39, 0.29) is 0 Å². The highest BCUT2D eigenvalue weighted by molar-refractivity contribution is 5.44. The zero-order valence-corrected chi connectivity index (χ0v) is 12.9. The molecule has 0 radical (unpaired) electrons. The molecule has 0 fully saturated rings. The molecule has 0 saturated carbocycles. The van der Waals surface area contributed by atoms with Crippen molar-refractivity contribution in [2.24, 2.45) is 0 Å². The first-order valence-corrected chi connectivity index (χ1v) is 7.48. The second-order valence-electron chi connectivity index (χ2n) is 6.16. The maximum atomic E-state index is 11.2. The number of rotatable bonds is 3. The van der Waals surface area contributed by atoms with Gasteiger partial charge >= 0.3 is 0 Å². The van der Waals surface area contributed by atoms with E-state index < -0.39 is 5.60 Å². The fourth-order valence-corrected chi connectivity index (χ4v) is 3.30. The molecule has 3 rings (SSSR count). The molecule has 0 saturated heterocycles. The molecule has 0 heterocycles. The molecule has 1 unspecified atom stereocenters. The van der Waals surface area contributed by atoms with E-state index in [1.807, 2.05) is 12.1 Å². The topological polar surface area (TPSA) is 29.5 Å². The van der Waals surface area contributed by atoms with Crippen molar-refractivity contribution in [1.82, 2.24) is 0 Å². The Morgan fingerprint density at radius 3 is 2.71 bits per heavy atom. The molecule has 1 N–H and O–H groups in total. The van der Waals surface area contributed by atoms with E-state index in [9.17, 15) is 5.11 Å². The zero-order chi connectivity index (χ0) is 15.0. The van der Waals surface area contributed by atoms with Crippen molar-refractivity contribution >= 4 is 0 Å². The first-order valence-electron chi connectivity index (χ1n) is 7.48. The molecule has 0 aliphatic heterocycles. The number of hydrogen-bond donors (Lipinski definition) is 1. The van der Waals surface area contributed by atoms with Crippen LogP contribution < -0.4 is 4.74 Å². The summed E-state index contributed by atoms with van der Waals surface area (Å²) >= 11 is 0. The van der Waals surface area contributed by atoms with Crippen LogP contribution in [0.15, 0.2) is 36.4 Å². The lowest BCUT2D eigenvalue weighted by Crippen LogP contribution is -2.25. The van der Waals surface area contributed by atoms with E-state index in [0.29, 0.717) is 6.42 Å². The third-order valence-corrected chi connectivity index (χ3v) is 4.61. The number of aryl methyl sites for hydroxylation is 3. The first kappa shape index (κ1) is 14.2. The van der Waals surface area contributed by atoms with Crippen LogP contribution in [0.25, 0.3) is 0 Å². The fourth-order valence-electron chi connectivity index (χ4n) is 3.30. The van der Waals surface area contributed by atoms with Crippen LogP contribution in [0.3, 0.4) is 0 Å². The lowest BCUT2D eigenvalue weighted by atomic mass is 9.86. The molecule has 0 amide bonds. The van der Waals surface area contributed by atoms with E-state index in [2.05, 4.69) is 38.1 Å². The average molecular weight is 282 g/mol. The Kier molecular flexibility index (Phi) is 3.50. The Morgan fingerprint density at radius 1 is 1.14 bits per heavy atom. The first-order chi connectivity index (χ1) is 10.0. The molecule has 2 nitrogen and oxygen atoms in total. The SMILES string of the molecule is COc1ccc2c(c1)C(O)(Cc1cc(C)ccc1C)CC2. The van der Waals surface area contributed by atoms with E-state index in [1.165, 1.54) is 22.3 Å². The summed E-state index contributed by atoms with van der Waals surface area (Å²) in [5.74, 6) is 0.815. The minimum Gasteiger partial charge on any atom is -0.497 e. The normalized spacial score (nSPS) is 20.4. The fraction of sp³-hybridized carbons (Fsp3) is 0.368. The van der Waals surface area contributed by atoms with Crippen molar-refractivity contribution < 1.29 is 9.84 Å². The summed E-state index contributed by atoms with van der Waals surface area (Å²) in [5.41, 5.74) is 5.20. The number of methoxy groups -OCH3 is 1. The molecule has 110 valence electrons. The highest BCUT2D eigenvalue weighted by Crippen LogP contribution is 2.41. The summed E-state index contributed by atoms with van der Waals surface area (Å²) in [4.78, 5) is 0. The Morgan fingerprint density at radius 2 is 1.95 bits per heavy atom. The van der Waals surface area contributed by atoms with Gasteiger partial charge in [0.25, 0.3) is 0 Å². The predicted octanol–water partition coefficient (Wildman–Crippen LogP) is 3.69. The van der Waals surface area contributed by atoms with Crippen LogP contribution in [0.2, 0.25) is 0 Å². The van der Waals surface area contributed by atoms with Gasteiger partial charge < -0.3 is 9.84 Å². The van der Waals surface area contributed by atoms with Gasteiger partial charge in [0.05, 0.1) is 12.7 Å². The third kappa shape index (κ3) is 2.56. The van der Waals surface area contributed by atoms with Gasteiger partial charge in [0.15, 0.2) is 0 Å². The minimum absolute atomic E-state index is 0.667. The molecule has 21 heavy (non-hydrogen) atoms. The van der Waals surface area contributed by atoms with Gasteiger partial charge in [0.1, 0.15) is 5.75 Å². The molecule has 0 aromatic heterocycles. The standard InChI is InChI=1S/C19H22O2/c1-13-4-5-14(2)16(10-13)12-19(20)9-8-15-6-7-17(21-3)11-18(15)19/h4-7,10-11,20H,8-9,12H2,1-3H3. The maximum Gasteiger partial charge on any atom is 0.119 e. The molecule has 2 aromatic carbocycles. The van der Waals surface area contributed by atoms with Crippen molar-refractivity contribution in [2.75, 3.05) is 7.11 Å². The lowest BCUT2D eigenvalue weighted by Gasteiger charge is -2.25. The summed E-state index contributed by atoms with van der Waals surface area (Å²) in [6.07, 6.45) is 2.38. The molecule has 1 aliphatic rings. The van der Waals surface area contributed by atoms with Crippen molar-refractivity contribution in [3.63, 3.8) is 0 Å². The quantitative estimate of drug-likeness (QED) is 0.930. The minimum atomic E-state index is -0.775. The molecule has 2 aromatic rings. The summed E-state index contributed by atoms with van der Waals surface area (Å²) in [7, 11) is 1.67. The Balaban J connectivity index is 1.98. The highest BCUT2D eigenvalue weighted by Gasteiger charge is 2.37. The van der Waals surface area contributed by atoms with Gasteiger partial charge in [-0.3, -0.25) is 0 Å². The molecular weight excluding hydrogens is 260 g/mol. The molecular formula is C19H22O2. The number of hydrogen-bond acceptors (Lipinski definition) is 2. The monoisotopic (exact) mass is 282 g/mol. The highest BCUT2D eigenvalue weighted by atomic mass is 16.5. The van der Waals surface area contributed by atoms with Crippen LogP contribution in [-0.2, 0) is 18.4 Å². The number of ether oxygens (including phenoxy) is 1. The van der Waals surface area contributed by atoms with Gasteiger partial charge in [-0.15, -0.1) is 0 Å². The van der Waals surface area contributed by atoms with Gasteiger partial charge in [-0.05, 0) is 61.1 Å². The summed E-state index contributed by atoms with van der Waals surface area (Å²) < 4.78 is 5.31. The third-order valence-electron chi connectivity index (χ3n) is 4.61. The Labute approximate surface area is 126 Å². The number of aliphatic hydroxyl groups is 1. The molecule has 1 aliphatic carbocycles. The van der Waals surface area contributed by atoms with Gasteiger partial charge in [-0.25, -0.2) is 0 Å². The van der Waals surface area contributed by atoms with E-state index >= 15 is 0 Å². The van der Waals surface area contributed by atoms with Crippen molar-refractivity contribution in [2.45, 2.75) is 38.7 Å². The lowest BCUT2D eigenvalue weighted by molar-refractivity contribution is 0.0386. The Bertz CT molecular complexity index is 675. The summed E-state index contributed by atoms with van der Waals surface area (Å²) in [6.45, 7) is 4.21.